The second-order valence-electron chi connectivity index (χ2n) is 3.08. The Labute approximate surface area is 79.8 Å². The van der Waals surface area contributed by atoms with Crippen LogP contribution in [0.15, 0.2) is 39.6 Å². The van der Waals surface area contributed by atoms with E-state index in [4.69, 9.17) is 0 Å². The van der Waals surface area contributed by atoms with E-state index in [1.54, 1.807) is 18.4 Å². The number of carbonyl (C=O) groups excluding carboxylic acids is 1. The molecule has 3 aliphatic rings. The fraction of sp³-hybridized carbons (Fsp3) is 0.111. The number of amidine groups is 2. The summed E-state index contributed by atoms with van der Waals surface area (Å²) in [6, 6.07) is 0. The number of allylic oxidation sites excluding steroid dienone is 2. The Morgan fingerprint density at radius 1 is 1.36 bits per heavy atom. The lowest BCUT2D eigenvalue weighted by atomic mass is 10.1. The van der Waals surface area contributed by atoms with Crippen molar-refractivity contribution in [2.45, 2.75) is 0 Å². The number of fused-ring (bicyclic) bond motifs is 2. The van der Waals surface area contributed by atoms with Gasteiger partial charge >= 0.3 is 0 Å². The molecule has 14 heavy (non-hydrogen) atoms. The van der Waals surface area contributed by atoms with Gasteiger partial charge in [-0.25, -0.2) is 4.99 Å². The first kappa shape index (κ1) is 7.37. The summed E-state index contributed by atoms with van der Waals surface area (Å²) >= 11 is 0. The van der Waals surface area contributed by atoms with Gasteiger partial charge < -0.3 is 0 Å². The fourth-order valence-electron chi connectivity index (χ4n) is 1.53. The summed E-state index contributed by atoms with van der Waals surface area (Å²) in [5.74, 6) is 0.657. The molecule has 1 unspecified atom stereocenters. The first-order chi connectivity index (χ1) is 6.86. The van der Waals surface area contributed by atoms with Crippen LogP contribution in [0.1, 0.15) is 0 Å². The lowest BCUT2D eigenvalue weighted by Gasteiger charge is -2.26. The van der Waals surface area contributed by atoms with Crippen molar-refractivity contribution in [1.29, 1.82) is 0 Å². The largest absolute Gasteiger partial charge is 0.273 e. The van der Waals surface area contributed by atoms with Crippen molar-refractivity contribution in [3.05, 3.63) is 24.4 Å². The summed E-state index contributed by atoms with van der Waals surface area (Å²) in [7, 11) is 0. The molecule has 0 spiro atoms. The quantitative estimate of drug-likeness (QED) is 0.537. The van der Waals surface area contributed by atoms with E-state index < -0.39 is 5.92 Å². The molecule has 0 aromatic rings. The Bertz CT molecular complexity index is 455. The fourth-order valence-corrected chi connectivity index (χ4v) is 1.53. The maximum absolute atomic E-state index is 11.8. The molecule has 0 saturated heterocycles. The third kappa shape index (κ3) is 0.834. The average molecular weight is 186 g/mol. The van der Waals surface area contributed by atoms with Crippen molar-refractivity contribution >= 4 is 23.8 Å². The molecule has 5 heteroatoms. The summed E-state index contributed by atoms with van der Waals surface area (Å²) in [5, 5.41) is 7.49. The summed E-state index contributed by atoms with van der Waals surface area (Å²) in [4.78, 5) is 17.6. The lowest BCUT2D eigenvalue weighted by molar-refractivity contribution is -0.126. The second-order valence-corrected chi connectivity index (χ2v) is 3.08. The number of rotatable bonds is 0. The second kappa shape index (κ2) is 2.47. The van der Waals surface area contributed by atoms with E-state index in [9.17, 15) is 4.79 Å². The minimum absolute atomic E-state index is 0.0457. The van der Waals surface area contributed by atoms with E-state index in [0.717, 1.165) is 0 Å². The molecule has 0 aliphatic carbocycles. The molecule has 3 rings (SSSR count). The summed E-state index contributed by atoms with van der Waals surface area (Å²) in [6.07, 6.45) is 8.62. The SMILES string of the molecule is O=C1C2C=NN=C2N=C2C=CC=CN12. The van der Waals surface area contributed by atoms with Crippen molar-refractivity contribution in [2.24, 2.45) is 21.1 Å². The van der Waals surface area contributed by atoms with Gasteiger partial charge in [0.05, 0.1) is 0 Å². The van der Waals surface area contributed by atoms with Crippen LogP contribution in [0, 0.1) is 5.92 Å². The van der Waals surface area contributed by atoms with Gasteiger partial charge in [0.25, 0.3) is 0 Å². The van der Waals surface area contributed by atoms with E-state index in [1.807, 2.05) is 6.08 Å². The van der Waals surface area contributed by atoms with Crippen LogP contribution in [-0.4, -0.2) is 28.7 Å². The van der Waals surface area contributed by atoms with E-state index in [1.165, 1.54) is 11.1 Å². The Morgan fingerprint density at radius 2 is 2.29 bits per heavy atom. The number of nitrogens with zero attached hydrogens (tertiary/aromatic N) is 4. The van der Waals surface area contributed by atoms with Crippen molar-refractivity contribution in [3.63, 3.8) is 0 Å². The Morgan fingerprint density at radius 3 is 3.21 bits per heavy atom. The zero-order valence-electron chi connectivity index (χ0n) is 7.16. The molecule has 0 aromatic carbocycles. The van der Waals surface area contributed by atoms with E-state index >= 15 is 0 Å². The zero-order chi connectivity index (χ0) is 9.54. The molecule has 0 saturated carbocycles. The van der Waals surface area contributed by atoms with Crippen LogP contribution in [0.4, 0.5) is 0 Å². The summed E-state index contributed by atoms with van der Waals surface area (Å²) in [6.45, 7) is 0. The molecule has 0 aromatic heterocycles. The predicted octanol–water partition coefficient (Wildman–Crippen LogP) is 0.325. The standard InChI is InChI=1S/C9H6N4O/c14-9-6-5-10-12-8(6)11-7-3-1-2-4-13(7)9/h1-6H. The van der Waals surface area contributed by atoms with Gasteiger partial charge in [-0.3, -0.25) is 9.69 Å². The minimum Gasteiger partial charge on any atom is -0.273 e. The highest BCUT2D eigenvalue weighted by molar-refractivity contribution is 6.27. The molecule has 3 heterocycles. The molecule has 0 N–H and O–H groups in total. The van der Waals surface area contributed by atoms with E-state index in [0.29, 0.717) is 11.7 Å². The van der Waals surface area contributed by atoms with E-state index in [-0.39, 0.29) is 5.91 Å². The number of amides is 1. The topological polar surface area (TPSA) is 57.4 Å². The van der Waals surface area contributed by atoms with E-state index in [2.05, 4.69) is 15.2 Å². The maximum atomic E-state index is 11.8. The van der Waals surface area contributed by atoms with Gasteiger partial charge in [0.15, 0.2) is 5.84 Å². The highest BCUT2D eigenvalue weighted by Crippen LogP contribution is 2.19. The van der Waals surface area contributed by atoms with Crippen LogP contribution in [0.25, 0.3) is 0 Å². The molecule has 0 bridgehead atoms. The van der Waals surface area contributed by atoms with Crippen molar-refractivity contribution in [3.8, 4) is 0 Å². The number of carbonyl (C=O) groups is 1. The monoisotopic (exact) mass is 186 g/mol. The third-order valence-corrected chi connectivity index (χ3v) is 2.23. The molecule has 3 aliphatic heterocycles. The van der Waals surface area contributed by atoms with Crippen LogP contribution in [0.2, 0.25) is 0 Å². The van der Waals surface area contributed by atoms with Gasteiger partial charge in [-0.15, -0.1) is 5.10 Å². The summed E-state index contributed by atoms with van der Waals surface area (Å²) in [5.41, 5.74) is 0. The highest BCUT2D eigenvalue weighted by Gasteiger charge is 2.36. The Kier molecular flexibility index (Phi) is 1.30. The highest BCUT2D eigenvalue weighted by atomic mass is 16.2. The minimum atomic E-state index is -0.394. The zero-order valence-corrected chi connectivity index (χ0v) is 7.16. The molecule has 1 atom stereocenters. The van der Waals surface area contributed by atoms with Crippen LogP contribution in [0.3, 0.4) is 0 Å². The van der Waals surface area contributed by atoms with Gasteiger partial charge in [-0.1, -0.05) is 6.08 Å². The van der Waals surface area contributed by atoms with Crippen LogP contribution in [-0.2, 0) is 4.79 Å². The van der Waals surface area contributed by atoms with Crippen LogP contribution >= 0.6 is 0 Å². The van der Waals surface area contributed by atoms with Gasteiger partial charge in [-0.2, -0.15) is 5.10 Å². The summed E-state index contributed by atoms with van der Waals surface area (Å²) < 4.78 is 0. The van der Waals surface area contributed by atoms with Crippen molar-refractivity contribution < 1.29 is 4.79 Å². The van der Waals surface area contributed by atoms with Crippen LogP contribution in [0.5, 0.6) is 0 Å². The third-order valence-electron chi connectivity index (χ3n) is 2.23. The molecular formula is C9H6N4O. The first-order valence-electron chi connectivity index (χ1n) is 4.24. The smallest absolute Gasteiger partial charge is 0.248 e. The molecule has 1 amide bonds. The number of aliphatic imine (C=N–C) groups is 1. The predicted molar refractivity (Wildman–Crippen MR) is 52.0 cm³/mol. The van der Waals surface area contributed by atoms with Crippen LogP contribution < -0.4 is 0 Å². The van der Waals surface area contributed by atoms with Gasteiger partial charge in [0.2, 0.25) is 5.91 Å². The average Bonchev–Trinajstić information content (AvgIpc) is 2.66. The molecule has 68 valence electrons. The molecule has 5 nitrogen and oxygen atoms in total. The molecule has 0 fully saturated rings. The van der Waals surface area contributed by atoms with Crippen molar-refractivity contribution in [2.75, 3.05) is 0 Å². The molecule has 0 radical (unpaired) electrons. The normalized spacial score (nSPS) is 27.3. The molecular weight excluding hydrogens is 180 g/mol. The van der Waals surface area contributed by atoms with Crippen molar-refractivity contribution in [1.82, 2.24) is 4.90 Å². The lowest BCUT2D eigenvalue weighted by Crippen LogP contribution is -2.44. The Hall–Kier alpha value is -2.04. The Balaban J connectivity index is 2.13. The van der Waals surface area contributed by atoms with Gasteiger partial charge in [-0.05, 0) is 12.2 Å². The maximum Gasteiger partial charge on any atom is 0.248 e. The number of hydrogen-bond acceptors (Lipinski definition) is 4. The van der Waals surface area contributed by atoms with Gasteiger partial charge in [0, 0.05) is 12.4 Å². The number of hydrogen-bond donors (Lipinski definition) is 0. The first-order valence-corrected chi connectivity index (χ1v) is 4.24. The van der Waals surface area contributed by atoms with Gasteiger partial charge in [0.1, 0.15) is 11.8 Å².